The van der Waals surface area contributed by atoms with Gasteiger partial charge >= 0.3 is 5.97 Å². The van der Waals surface area contributed by atoms with E-state index in [9.17, 15) is 4.79 Å². The topological polar surface area (TPSA) is 49.3 Å². The molecule has 1 aliphatic carbocycles. The van der Waals surface area contributed by atoms with Gasteiger partial charge in [0.1, 0.15) is 0 Å². The van der Waals surface area contributed by atoms with E-state index in [4.69, 9.17) is 5.11 Å². The van der Waals surface area contributed by atoms with E-state index in [1.165, 1.54) is 0 Å². The molecule has 0 unspecified atom stereocenters. The Balaban J connectivity index is 2.29. The van der Waals surface area contributed by atoms with Crippen molar-refractivity contribution in [2.75, 3.05) is 13.6 Å². The highest BCUT2D eigenvalue weighted by atomic mass is 16.4. The highest BCUT2D eigenvalue weighted by Gasteiger charge is 2.43. The lowest BCUT2D eigenvalue weighted by Crippen LogP contribution is -2.23. The van der Waals surface area contributed by atoms with Crippen molar-refractivity contribution in [1.29, 1.82) is 0 Å². The molecule has 0 spiro atoms. The van der Waals surface area contributed by atoms with E-state index in [0.717, 1.165) is 24.9 Å². The van der Waals surface area contributed by atoms with Gasteiger partial charge in [0, 0.05) is 12.0 Å². The lowest BCUT2D eigenvalue weighted by Gasteiger charge is -2.15. The highest BCUT2D eigenvalue weighted by molar-refractivity contribution is 5.87. The van der Waals surface area contributed by atoms with Crippen LogP contribution in [0.3, 0.4) is 0 Å². The Kier molecular flexibility index (Phi) is 2.49. The number of carboxylic acid groups (broad SMARTS) is 1. The van der Waals surface area contributed by atoms with Crippen LogP contribution in [0, 0.1) is 0 Å². The first-order valence-electron chi connectivity index (χ1n) is 5.16. The third-order valence-corrected chi connectivity index (χ3v) is 3.09. The SMILES string of the molecule is CNCC1(c2cccc(C(=O)O)c2)CC1. The fourth-order valence-electron chi connectivity index (χ4n) is 2.04. The van der Waals surface area contributed by atoms with Crippen LogP contribution in [-0.4, -0.2) is 24.7 Å². The maximum atomic E-state index is 10.8. The first kappa shape index (κ1) is 10.2. The van der Waals surface area contributed by atoms with Gasteiger partial charge in [0.05, 0.1) is 5.56 Å². The van der Waals surface area contributed by atoms with E-state index >= 15 is 0 Å². The molecule has 1 saturated carbocycles. The van der Waals surface area contributed by atoms with Gasteiger partial charge in [-0.05, 0) is 37.6 Å². The quantitative estimate of drug-likeness (QED) is 0.785. The second kappa shape index (κ2) is 3.66. The minimum atomic E-state index is -0.850. The molecule has 0 aliphatic heterocycles. The van der Waals surface area contributed by atoms with Gasteiger partial charge in [-0.15, -0.1) is 0 Å². The molecule has 0 aromatic heterocycles. The zero-order valence-electron chi connectivity index (χ0n) is 8.79. The van der Waals surface area contributed by atoms with Crippen LogP contribution in [0.5, 0.6) is 0 Å². The predicted octanol–water partition coefficient (Wildman–Crippen LogP) is 1.64. The number of hydrogen-bond acceptors (Lipinski definition) is 2. The van der Waals surface area contributed by atoms with Crippen LogP contribution in [0.2, 0.25) is 0 Å². The summed E-state index contributed by atoms with van der Waals surface area (Å²) in [5.74, 6) is -0.850. The van der Waals surface area contributed by atoms with Gasteiger partial charge in [0.2, 0.25) is 0 Å². The van der Waals surface area contributed by atoms with E-state index in [1.54, 1.807) is 12.1 Å². The van der Waals surface area contributed by atoms with Gasteiger partial charge in [-0.25, -0.2) is 4.79 Å². The maximum absolute atomic E-state index is 10.8. The van der Waals surface area contributed by atoms with E-state index in [0.29, 0.717) is 5.56 Å². The predicted molar refractivity (Wildman–Crippen MR) is 58.2 cm³/mol. The molecule has 1 aromatic carbocycles. The van der Waals surface area contributed by atoms with Gasteiger partial charge in [0.25, 0.3) is 0 Å². The molecule has 0 saturated heterocycles. The van der Waals surface area contributed by atoms with Crippen molar-refractivity contribution >= 4 is 5.97 Å². The normalized spacial score (nSPS) is 17.4. The van der Waals surface area contributed by atoms with Crippen LogP contribution >= 0.6 is 0 Å². The number of carbonyl (C=O) groups is 1. The first-order chi connectivity index (χ1) is 7.18. The Hall–Kier alpha value is -1.35. The van der Waals surface area contributed by atoms with Gasteiger partial charge in [0.15, 0.2) is 0 Å². The van der Waals surface area contributed by atoms with Crippen molar-refractivity contribution < 1.29 is 9.90 Å². The molecule has 2 N–H and O–H groups in total. The monoisotopic (exact) mass is 205 g/mol. The minimum Gasteiger partial charge on any atom is -0.478 e. The number of benzene rings is 1. The zero-order chi connectivity index (χ0) is 10.9. The number of carboxylic acids is 1. The average molecular weight is 205 g/mol. The van der Waals surface area contributed by atoms with Crippen LogP contribution in [0.1, 0.15) is 28.8 Å². The fourth-order valence-corrected chi connectivity index (χ4v) is 2.04. The Morgan fingerprint density at radius 3 is 2.80 bits per heavy atom. The summed E-state index contributed by atoms with van der Waals surface area (Å²) in [5.41, 5.74) is 1.73. The van der Waals surface area contributed by atoms with Gasteiger partial charge < -0.3 is 10.4 Å². The molecule has 0 radical (unpaired) electrons. The third kappa shape index (κ3) is 1.88. The molecule has 0 atom stereocenters. The molecule has 80 valence electrons. The molecule has 0 heterocycles. The average Bonchev–Trinajstić information content (AvgIpc) is 3.00. The summed E-state index contributed by atoms with van der Waals surface area (Å²) in [7, 11) is 1.93. The summed E-state index contributed by atoms with van der Waals surface area (Å²) >= 11 is 0. The Morgan fingerprint density at radius 1 is 1.53 bits per heavy atom. The molecule has 0 bridgehead atoms. The number of nitrogens with one attached hydrogen (secondary N) is 1. The van der Waals surface area contributed by atoms with Crippen molar-refractivity contribution in [3.8, 4) is 0 Å². The van der Waals surface area contributed by atoms with Crippen molar-refractivity contribution in [2.45, 2.75) is 18.3 Å². The number of rotatable bonds is 4. The second-order valence-electron chi connectivity index (χ2n) is 4.20. The van der Waals surface area contributed by atoms with Crippen LogP contribution in [0.4, 0.5) is 0 Å². The maximum Gasteiger partial charge on any atom is 0.335 e. The van der Waals surface area contributed by atoms with Gasteiger partial charge in [-0.2, -0.15) is 0 Å². The van der Waals surface area contributed by atoms with Crippen molar-refractivity contribution in [2.24, 2.45) is 0 Å². The second-order valence-corrected chi connectivity index (χ2v) is 4.20. The van der Waals surface area contributed by atoms with Crippen molar-refractivity contribution in [3.63, 3.8) is 0 Å². The summed E-state index contributed by atoms with van der Waals surface area (Å²) in [6.45, 7) is 0.927. The molecule has 3 heteroatoms. The summed E-state index contributed by atoms with van der Waals surface area (Å²) in [4.78, 5) is 10.8. The van der Waals surface area contributed by atoms with Crippen molar-refractivity contribution in [1.82, 2.24) is 5.32 Å². The fraction of sp³-hybridized carbons (Fsp3) is 0.417. The zero-order valence-corrected chi connectivity index (χ0v) is 8.79. The lowest BCUT2D eigenvalue weighted by atomic mass is 9.94. The standard InChI is InChI=1S/C12H15NO2/c1-13-8-12(5-6-12)10-4-2-3-9(7-10)11(14)15/h2-4,7,13H,5-6,8H2,1H3,(H,14,15). The van der Waals surface area contributed by atoms with Crippen LogP contribution in [0.25, 0.3) is 0 Å². The summed E-state index contributed by atoms with van der Waals surface area (Å²) in [6, 6.07) is 7.29. The Labute approximate surface area is 89.1 Å². The number of aromatic carboxylic acids is 1. The molecular formula is C12H15NO2. The lowest BCUT2D eigenvalue weighted by molar-refractivity contribution is 0.0696. The first-order valence-corrected chi connectivity index (χ1v) is 5.16. The van der Waals surface area contributed by atoms with Crippen LogP contribution in [-0.2, 0) is 5.41 Å². The molecule has 3 nitrogen and oxygen atoms in total. The van der Waals surface area contributed by atoms with Crippen LogP contribution < -0.4 is 5.32 Å². The number of likely N-dealkylation sites (N-methyl/N-ethyl adjacent to an activating group) is 1. The van der Waals surface area contributed by atoms with E-state index < -0.39 is 5.97 Å². The summed E-state index contributed by atoms with van der Waals surface area (Å²) in [6.07, 6.45) is 2.30. The molecule has 1 aliphatic rings. The molecule has 0 amide bonds. The molecule has 2 rings (SSSR count). The van der Waals surface area contributed by atoms with E-state index in [-0.39, 0.29) is 5.41 Å². The van der Waals surface area contributed by atoms with Crippen molar-refractivity contribution in [3.05, 3.63) is 35.4 Å². The minimum absolute atomic E-state index is 0.195. The summed E-state index contributed by atoms with van der Waals surface area (Å²) in [5, 5.41) is 12.1. The molecular weight excluding hydrogens is 190 g/mol. The smallest absolute Gasteiger partial charge is 0.335 e. The molecule has 1 aromatic rings. The molecule has 1 fully saturated rings. The highest BCUT2D eigenvalue weighted by Crippen LogP contribution is 2.47. The Morgan fingerprint density at radius 2 is 2.27 bits per heavy atom. The summed E-state index contributed by atoms with van der Waals surface area (Å²) < 4.78 is 0. The van der Waals surface area contributed by atoms with Gasteiger partial charge in [-0.1, -0.05) is 12.1 Å². The third-order valence-electron chi connectivity index (χ3n) is 3.09. The number of hydrogen-bond donors (Lipinski definition) is 2. The van der Waals surface area contributed by atoms with E-state index in [2.05, 4.69) is 5.32 Å². The van der Waals surface area contributed by atoms with E-state index in [1.807, 2.05) is 19.2 Å². The molecule has 15 heavy (non-hydrogen) atoms. The largest absolute Gasteiger partial charge is 0.478 e. The van der Waals surface area contributed by atoms with Crippen LogP contribution in [0.15, 0.2) is 24.3 Å². The Bertz CT molecular complexity index is 383. The van der Waals surface area contributed by atoms with Gasteiger partial charge in [-0.3, -0.25) is 0 Å².